The van der Waals surface area contributed by atoms with Gasteiger partial charge in [-0.15, -0.1) is 0 Å². The first kappa shape index (κ1) is 12.9. The summed E-state index contributed by atoms with van der Waals surface area (Å²) < 4.78 is 36.6. The summed E-state index contributed by atoms with van der Waals surface area (Å²) in [5, 5.41) is 8.73. The highest BCUT2D eigenvalue weighted by Gasteiger charge is 2.29. The Morgan fingerprint density at radius 3 is 2.31 bits per heavy atom. The van der Waals surface area contributed by atoms with E-state index in [1.807, 2.05) is 19.9 Å². The summed E-state index contributed by atoms with van der Waals surface area (Å²) in [6.07, 6.45) is 0. The number of nitrogens with zero attached hydrogens (tertiary/aromatic N) is 1. The molecule has 0 aliphatic carbocycles. The van der Waals surface area contributed by atoms with E-state index in [2.05, 4.69) is 0 Å². The summed E-state index contributed by atoms with van der Waals surface area (Å²) in [5.74, 6) is 0.0980. The van der Waals surface area contributed by atoms with Gasteiger partial charge >= 0.3 is 5.51 Å². The molecule has 1 aromatic rings. The number of hydrogen-bond acceptors (Lipinski definition) is 2. The first-order valence-corrected chi connectivity index (χ1v) is 5.44. The van der Waals surface area contributed by atoms with Gasteiger partial charge in [-0.25, -0.2) is 0 Å². The van der Waals surface area contributed by atoms with E-state index in [9.17, 15) is 13.2 Å². The van der Waals surface area contributed by atoms with Crippen LogP contribution in [0.15, 0.2) is 23.1 Å². The van der Waals surface area contributed by atoms with E-state index < -0.39 is 5.51 Å². The number of nitriles is 1. The summed E-state index contributed by atoms with van der Waals surface area (Å²) in [6.45, 7) is 3.75. The molecule has 0 aliphatic rings. The molecule has 0 N–H and O–H groups in total. The number of thioether (sulfide) groups is 1. The summed E-state index contributed by atoms with van der Waals surface area (Å²) in [6, 6.07) is 6.21. The van der Waals surface area contributed by atoms with E-state index in [1.165, 1.54) is 12.1 Å². The zero-order valence-corrected chi connectivity index (χ0v) is 9.62. The molecule has 0 spiro atoms. The minimum absolute atomic E-state index is 0.0650. The molecule has 0 bridgehead atoms. The van der Waals surface area contributed by atoms with Crippen molar-refractivity contribution in [3.05, 3.63) is 29.3 Å². The quantitative estimate of drug-likeness (QED) is 0.725. The van der Waals surface area contributed by atoms with Crippen molar-refractivity contribution in [1.82, 2.24) is 0 Å². The van der Waals surface area contributed by atoms with Gasteiger partial charge < -0.3 is 0 Å². The van der Waals surface area contributed by atoms with Gasteiger partial charge in [-0.3, -0.25) is 0 Å². The average Bonchev–Trinajstić information content (AvgIpc) is 2.14. The highest BCUT2D eigenvalue weighted by molar-refractivity contribution is 8.00. The summed E-state index contributed by atoms with van der Waals surface area (Å²) >= 11 is -0.189. The molecule has 0 unspecified atom stereocenters. The van der Waals surface area contributed by atoms with Crippen LogP contribution in [0.5, 0.6) is 0 Å². The van der Waals surface area contributed by atoms with Gasteiger partial charge in [-0.2, -0.15) is 18.4 Å². The average molecular weight is 245 g/mol. The molecule has 86 valence electrons. The van der Waals surface area contributed by atoms with Gasteiger partial charge in [0.2, 0.25) is 0 Å². The molecule has 1 rings (SSSR count). The minimum atomic E-state index is -4.32. The Morgan fingerprint density at radius 2 is 1.88 bits per heavy atom. The van der Waals surface area contributed by atoms with Gasteiger partial charge in [-0.05, 0) is 41.4 Å². The molecule has 0 amide bonds. The Balaban J connectivity index is 3.11. The van der Waals surface area contributed by atoms with Crippen molar-refractivity contribution in [1.29, 1.82) is 5.26 Å². The molecule has 1 aromatic carbocycles. The predicted octanol–water partition coefficient (Wildman–Crippen LogP) is 4.29. The Labute approximate surface area is 96.3 Å². The van der Waals surface area contributed by atoms with E-state index >= 15 is 0 Å². The van der Waals surface area contributed by atoms with E-state index in [1.54, 1.807) is 6.07 Å². The summed E-state index contributed by atoms with van der Waals surface area (Å²) in [5.41, 5.74) is -3.31. The second kappa shape index (κ2) is 4.79. The van der Waals surface area contributed by atoms with Crippen LogP contribution >= 0.6 is 11.8 Å². The SMILES string of the molecule is CC(C)c1cc(C#N)cc(SC(F)(F)F)c1. The fraction of sp³-hybridized carbons (Fsp3) is 0.364. The standard InChI is InChI=1S/C11H10F3NS/c1-7(2)9-3-8(6-15)4-10(5-9)16-11(12,13)14/h3-5,7H,1-2H3. The van der Waals surface area contributed by atoms with Crippen LogP contribution in [0.1, 0.15) is 30.9 Å². The van der Waals surface area contributed by atoms with Crippen molar-refractivity contribution in [2.75, 3.05) is 0 Å². The van der Waals surface area contributed by atoms with E-state index in [-0.39, 0.29) is 28.1 Å². The highest BCUT2D eigenvalue weighted by Crippen LogP contribution is 2.38. The fourth-order valence-corrected chi connectivity index (χ4v) is 1.86. The van der Waals surface area contributed by atoms with Crippen LogP contribution in [-0.4, -0.2) is 5.51 Å². The summed E-state index contributed by atoms with van der Waals surface area (Å²) in [4.78, 5) is 0.0650. The van der Waals surface area contributed by atoms with Crippen LogP contribution in [0.25, 0.3) is 0 Å². The zero-order valence-electron chi connectivity index (χ0n) is 8.80. The molecule has 0 aromatic heterocycles. The second-order valence-electron chi connectivity index (χ2n) is 3.61. The van der Waals surface area contributed by atoms with E-state index in [4.69, 9.17) is 5.26 Å². The van der Waals surface area contributed by atoms with Crippen LogP contribution in [0.2, 0.25) is 0 Å². The van der Waals surface area contributed by atoms with E-state index in [0.29, 0.717) is 0 Å². The lowest BCUT2D eigenvalue weighted by Gasteiger charge is -2.10. The Kier molecular flexibility index (Phi) is 3.87. The number of hydrogen-bond donors (Lipinski definition) is 0. The molecule has 0 atom stereocenters. The first-order chi connectivity index (χ1) is 7.31. The maximum Gasteiger partial charge on any atom is 0.446 e. The van der Waals surface area contributed by atoms with Gasteiger partial charge in [0.05, 0.1) is 11.6 Å². The number of halogens is 3. The molecule has 16 heavy (non-hydrogen) atoms. The van der Waals surface area contributed by atoms with Gasteiger partial charge in [0, 0.05) is 4.90 Å². The normalized spacial score (nSPS) is 11.6. The maximum atomic E-state index is 12.2. The predicted molar refractivity (Wildman–Crippen MR) is 57.2 cm³/mol. The van der Waals surface area contributed by atoms with Crippen LogP contribution in [0, 0.1) is 11.3 Å². The number of benzene rings is 1. The highest BCUT2D eigenvalue weighted by atomic mass is 32.2. The Bertz CT molecular complexity index is 418. The van der Waals surface area contributed by atoms with Gasteiger partial charge in [0.25, 0.3) is 0 Å². The molecule has 1 nitrogen and oxygen atoms in total. The van der Waals surface area contributed by atoms with Crippen molar-refractivity contribution < 1.29 is 13.2 Å². The van der Waals surface area contributed by atoms with Crippen LogP contribution in [0.4, 0.5) is 13.2 Å². The molecule has 5 heteroatoms. The van der Waals surface area contributed by atoms with Crippen LogP contribution < -0.4 is 0 Å². The molecule has 0 heterocycles. The molecular weight excluding hydrogens is 235 g/mol. The number of rotatable bonds is 2. The van der Waals surface area contributed by atoms with Gasteiger partial charge in [-0.1, -0.05) is 13.8 Å². The first-order valence-electron chi connectivity index (χ1n) is 4.62. The smallest absolute Gasteiger partial charge is 0.192 e. The fourth-order valence-electron chi connectivity index (χ4n) is 1.21. The Morgan fingerprint density at radius 1 is 1.25 bits per heavy atom. The van der Waals surface area contributed by atoms with Crippen LogP contribution in [-0.2, 0) is 0 Å². The third-order valence-corrected chi connectivity index (χ3v) is 2.66. The maximum absolute atomic E-state index is 12.2. The van der Waals surface area contributed by atoms with Crippen molar-refractivity contribution in [3.8, 4) is 6.07 Å². The largest absolute Gasteiger partial charge is 0.446 e. The second-order valence-corrected chi connectivity index (χ2v) is 4.74. The lowest BCUT2D eigenvalue weighted by molar-refractivity contribution is -0.0328. The molecule has 0 radical (unpaired) electrons. The summed E-state index contributed by atoms with van der Waals surface area (Å²) in [7, 11) is 0. The van der Waals surface area contributed by atoms with E-state index in [0.717, 1.165) is 5.56 Å². The molecular formula is C11H10F3NS. The molecule has 0 fully saturated rings. The van der Waals surface area contributed by atoms with Crippen molar-refractivity contribution in [2.24, 2.45) is 0 Å². The molecule has 0 saturated carbocycles. The van der Waals surface area contributed by atoms with Gasteiger partial charge in [0.1, 0.15) is 0 Å². The zero-order chi connectivity index (χ0) is 12.3. The topological polar surface area (TPSA) is 23.8 Å². The third kappa shape index (κ3) is 3.78. The minimum Gasteiger partial charge on any atom is -0.192 e. The molecule has 0 aliphatic heterocycles. The van der Waals surface area contributed by atoms with Crippen molar-refractivity contribution >= 4 is 11.8 Å². The van der Waals surface area contributed by atoms with Crippen molar-refractivity contribution in [2.45, 2.75) is 30.2 Å². The lowest BCUT2D eigenvalue weighted by atomic mass is 10.0. The van der Waals surface area contributed by atoms with Crippen LogP contribution in [0.3, 0.4) is 0 Å². The lowest BCUT2D eigenvalue weighted by Crippen LogP contribution is -2.00. The Hall–Kier alpha value is -1.15. The third-order valence-electron chi connectivity index (χ3n) is 1.96. The number of alkyl halides is 3. The monoisotopic (exact) mass is 245 g/mol. The molecule has 0 saturated heterocycles. The van der Waals surface area contributed by atoms with Crippen molar-refractivity contribution in [3.63, 3.8) is 0 Å². The van der Waals surface area contributed by atoms with Gasteiger partial charge in [0.15, 0.2) is 0 Å².